The van der Waals surface area contributed by atoms with Crippen molar-refractivity contribution < 1.29 is 5.11 Å². The Hall–Kier alpha value is -1.30. The van der Waals surface area contributed by atoms with Gasteiger partial charge in [0.2, 0.25) is 0 Å². The molecular weight excluding hydrogens is 284 g/mol. The number of hydrogen-bond acceptors (Lipinski definition) is 4. The van der Waals surface area contributed by atoms with Gasteiger partial charge in [0.25, 0.3) is 5.56 Å². The lowest BCUT2D eigenvalue weighted by molar-refractivity contribution is 0.199. The SMILES string of the molecule is Cc1cc(=O)[nH]c(Sc2ccc(C(C)O)c(Cl)c2)n1. The zero-order valence-corrected chi connectivity index (χ0v) is 12.0. The van der Waals surface area contributed by atoms with Gasteiger partial charge >= 0.3 is 0 Å². The number of benzene rings is 1. The molecule has 0 spiro atoms. The van der Waals surface area contributed by atoms with Crippen LogP contribution in [0, 0.1) is 6.92 Å². The van der Waals surface area contributed by atoms with Gasteiger partial charge in [0.15, 0.2) is 5.16 Å². The predicted octanol–water partition coefficient (Wildman–Crippen LogP) is 2.94. The molecule has 2 rings (SSSR count). The van der Waals surface area contributed by atoms with Crippen molar-refractivity contribution in [2.24, 2.45) is 0 Å². The van der Waals surface area contributed by atoms with Gasteiger partial charge in [-0.15, -0.1) is 0 Å². The Morgan fingerprint density at radius 2 is 2.16 bits per heavy atom. The molecule has 0 amide bonds. The second-order valence-electron chi connectivity index (χ2n) is 4.15. The van der Waals surface area contributed by atoms with Gasteiger partial charge in [-0.2, -0.15) is 0 Å². The number of H-pyrrole nitrogens is 1. The minimum absolute atomic E-state index is 0.179. The molecule has 1 aromatic carbocycles. The summed E-state index contributed by atoms with van der Waals surface area (Å²) in [5.74, 6) is 0. The predicted molar refractivity (Wildman–Crippen MR) is 75.8 cm³/mol. The van der Waals surface area contributed by atoms with Gasteiger partial charge in [0, 0.05) is 21.7 Å². The van der Waals surface area contributed by atoms with E-state index in [-0.39, 0.29) is 5.56 Å². The van der Waals surface area contributed by atoms with Crippen LogP contribution in [0.1, 0.15) is 24.3 Å². The summed E-state index contributed by atoms with van der Waals surface area (Å²) in [6.45, 7) is 3.43. The lowest BCUT2D eigenvalue weighted by Crippen LogP contribution is -2.07. The lowest BCUT2D eigenvalue weighted by Gasteiger charge is -2.09. The molecule has 2 N–H and O–H groups in total. The maximum atomic E-state index is 11.3. The number of aliphatic hydroxyl groups is 1. The molecule has 4 nitrogen and oxygen atoms in total. The second-order valence-corrected chi connectivity index (χ2v) is 5.62. The number of nitrogens with one attached hydrogen (secondary N) is 1. The molecule has 0 bridgehead atoms. The van der Waals surface area contributed by atoms with Gasteiger partial charge < -0.3 is 10.1 Å². The summed E-state index contributed by atoms with van der Waals surface area (Å²) in [6, 6.07) is 6.79. The molecule has 0 saturated heterocycles. The van der Waals surface area contributed by atoms with Crippen LogP contribution in [0.4, 0.5) is 0 Å². The molecule has 100 valence electrons. The second kappa shape index (κ2) is 5.77. The van der Waals surface area contributed by atoms with Gasteiger partial charge in [0.05, 0.1) is 6.10 Å². The standard InChI is InChI=1S/C13H13ClN2O2S/c1-7-5-12(18)16-13(15-7)19-9-3-4-10(8(2)17)11(14)6-9/h3-6,8,17H,1-2H3,(H,15,16,18). The van der Waals surface area contributed by atoms with Crippen LogP contribution in [-0.4, -0.2) is 15.1 Å². The first-order valence-corrected chi connectivity index (χ1v) is 6.88. The Balaban J connectivity index is 2.29. The number of nitrogens with zero attached hydrogens (tertiary/aromatic N) is 1. The van der Waals surface area contributed by atoms with E-state index < -0.39 is 6.10 Å². The topological polar surface area (TPSA) is 66.0 Å². The molecule has 0 aliphatic carbocycles. The van der Waals surface area contributed by atoms with Crippen LogP contribution >= 0.6 is 23.4 Å². The fourth-order valence-electron chi connectivity index (χ4n) is 1.62. The van der Waals surface area contributed by atoms with Crippen molar-refractivity contribution in [1.29, 1.82) is 0 Å². The quantitative estimate of drug-likeness (QED) is 0.855. The number of aromatic amines is 1. The third-order valence-corrected chi connectivity index (χ3v) is 3.69. The molecule has 1 heterocycles. The van der Waals surface area contributed by atoms with Crippen molar-refractivity contribution in [3.05, 3.63) is 50.9 Å². The largest absolute Gasteiger partial charge is 0.389 e. The summed E-state index contributed by atoms with van der Waals surface area (Å²) < 4.78 is 0. The Morgan fingerprint density at radius 1 is 1.42 bits per heavy atom. The summed E-state index contributed by atoms with van der Waals surface area (Å²) in [5.41, 5.74) is 1.16. The van der Waals surface area contributed by atoms with E-state index in [2.05, 4.69) is 9.97 Å². The summed E-state index contributed by atoms with van der Waals surface area (Å²) in [5, 5.41) is 10.5. The van der Waals surface area contributed by atoms with E-state index in [0.717, 1.165) is 4.90 Å². The molecule has 0 aliphatic heterocycles. The van der Waals surface area contributed by atoms with Crippen molar-refractivity contribution in [3.63, 3.8) is 0 Å². The summed E-state index contributed by atoms with van der Waals surface area (Å²) >= 11 is 7.41. The minimum Gasteiger partial charge on any atom is -0.389 e. The molecule has 0 radical (unpaired) electrons. The summed E-state index contributed by atoms with van der Waals surface area (Å²) in [6.07, 6.45) is -0.608. The molecular formula is C13H13ClN2O2S. The van der Waals surface area contributed by atoms with Gasteiger partial charge in [-0.25, -0.2) is 4.98 Å². The van der Waals surface area contributed by atoms with E-state index in [4.69, 9.17) is 11.6 Å². The van der Waals surface area contributed by atoms with Crippen LogP contribution in [0.25, 0.3) is 0 Å². The van der Waals surface area contributed by atoms with Gasteiger partial charge in [-0.3, -0.25) is 4.79 Å². The third kappa shape index (κ3) is 3.59. The van der Waals surface area contributed by atoms with Crippen molar-refractivity contribution in [2.75, 3.05) is 0 Å². The fourth-order valence-corrected chi connectivity index (χ4v) is 2.90. The number of rotatable bonds is 3. The number of aliphatic hydroxyl groups excluding tert-OH is 1. The van der Waals surface area contributed by atoms with Gasteiger partial charge in [0.1, 0.15) is 0 Å². The van der Waals surface area contributed by atoms with Crippen LogP contribution in [0.5, 0.6) is 0 Å². The van der Waals surface area contributed by atoms with Crippen LogP contribution in [0.2, 0.25) is 5.02 Å². The minimum atomic E-state index is -0.608. The third-order valence-electron chi connectivity index (χ3n) is 2.48. The first-order valence-electron chi connectivity index (χ1n) is 5.69. The van der Waals surface area contributed by atoms with Crippen molar-refractivity contribution >= 4 is 23.4 Å². The van der Waals surface area contributed by atoms with Crippen molar-refractivity contribution in [2.45, 2.75) is 30.0 Å². The molecule has 2 aromatic rings. The van der Waals surface area contributed by atoms with E-state index in [9.17, 15) is 9.90 Å². The smallest absolute Gasteiger partial charge is 0.251 e. The Bertz CT molecular complexity index is 655. The Morgan fingerprint density at radius 3 is 2.74 bits per heavy atom. The Labute approximate surface area is 119 Å². The van der Waals surface area contributed by atoms with E-state index >= 15 is 0 Å². The average Bonchev–Trinajstić information content (AvgIpc) is 2.26. The van der Waals surface area contributed by atoms with Crippen LogP contribution in [-0.2, 0) is 0 Å². The van der Waals surface area contributed by atoms with Gasteiger partial charge in [-0.1, -0.05) is 29.4 Å². The zero-order valence-electron chi connectivity index (χ0n) is 10.5. The monoisotopic (exact) mass is 296 g/mol. The molecule has 0 saturated carbocycles. The van der Waals surface area contributed by atoms with Crippen LogP contribution < -0.4 is 5.56 Å². The van der Waals surface area contributed by atoms with Crippen molar-refractivity contribution in [1.82, 2.24) is 9.97 Å². The van der Waals surface area contributed by atoms with Crippen LogP contribution in [0.15, 0.2) is 39.1 Å². The molecule has 19 heavy (non-hydrogen) atoms. The molecule has 0 aliphatic rings. The highest BCUT2D eigenvalue weighted by Gasteiger charge is 2.08. The highest BCUT2D eigenvalue weighted by Crippen LogP contribution is 2.30. The number of aromatic nitrogens is 2. The van der Waals surface area contributed by atoms with E-state index in [0.29, 0.717) is 21.4 Å². The average molecular weight is 297 g/mol. The van der Waals surface area contributed by atoms with Gasteiger partial charge in [-0.05, 0) is 31.5 Å². The maximum Gasteiger partial charge on any atom is 0.251 e. The zero-order chi connectivity index (χ0) is 14.0. The van der Waals surface area contributed by atoms with E-state index in [1.807, 2.05) is 6.07 Å². The summed E-state index contributed by atoms with van der Waals surface area (Å²) in [7, 11) is 0. The number of halogens is 1. The van der Waals surface area contributed by atoms with E-state index in [1.165, 1.54) is 17.8 Å². The highest BCUT2D eigenvalue weighted by molar-refractivity contribution is 7.99. The van der Waals surface area contributed by atoms with Crippen LogP contribution in [0.3, 0.4) is 0 Å². The Kier molecular flexibility index (Phi) is 4.29. The molecule has 0 fully saturated rings. The number of aryl methyl sites for hydroxylation is 1. The highest BCUT2D eigenvalue weighted by atomic mass is 35.5. The summed E-state index contributed by atoms with van der Waals surface area (Å²) in [4.78, 5) is 19.1. The first kappa shape index (κ1) is 14.1. The molecule has 6 heteroatoms. The molecule has 1 aromatic heterocycles. The first-order chi connectivity index (χ1) is 8.95. The molecule has 1 atom stereocenters. The lowest BCUT2D eigenvalue weighted by atomic mass is 10.1. The molecule has 1 unspecified atom stereocenters. The number of hydrogen-bond donors (Lipinski definition) is 2. The maximum absolute atomic E-state index is 11.3. The fraction of sp³-hybridized carbons (Fsp3) is 0.231. The van der Waals surface area contributed by atoms with Crippen molar-refractivity contribution in [3.8, 4) is 0 Å². The normalized spacial score (nSPS) is 12.4. The van der Waals surface area contributed by atoms with E-state index in [1.54, 1.807) is 26.0 Å².